The van der Waals surface area contributed by atoms with Crippen molar-refractivity contribution in [1.82, 2.24) is 19.7 Å². The van der Waals surface area contributed by atoms with E-state index in [1.54, 1.807) is 30.4 Å². The van der Waals surface area contributed by atoms with E-state index in [1.165, 1.54) is 0 Å². The Kier molecular flexibility index (Phi) is 5.44. The Morgan fingerprint density at radius 3 is 2.87 bits per heavy atom. The number of unbranched alkanes of at least 4 members (excludes halogenated alkanes) is 1. The number of rotatable bonds is 8. The molecule has 3 heterocycles. The van der Waals surface area contributed by atoms with Crippen molar-refractivity contribution < 1.29 is 9.52 Å². The summed E-state index contributed by atoms with van der Waals surface area (Å²) in [5.41, 5.74) is 0.925. The minimum atomic E-state index is 0.223. The second-order valence-corrected chi connectivity index (χ2v) is 6.05. The van der Waals surface area contributed by atoms with Gasteiger partial charge in [-0.3, -0.25) is 9.55 Å². The monoisotopic (exact) mass is 330 g/mol. The van der Waals surface area contributed by atoms with E-state index in [9.17, 15) is 0 Å². The first-order chi connectivity index (χ1) is 11.4. The molecule has 0 spiro atoms. The SMILES string of the molecule is OCCCCSc1nnc(-c2cccnc2)n1Cc1ccco1. The molecule has 0 radical (unpaired) electrons. The third-order valence-corrected chi connectivity index (χ3v) is 4.37. The van der Waals surface area contributed by atoms with Crippen molar-refractivity contribution in [1.29, 1.82) is 0 Å². The number of pyridine rings is 1. The number of aromatic nitrogens is 4. The van der Waals surface area contributed by atoms with E-state index in [0.717, 1.165) is 40.9 Å². The van der Waals surface area contributed by atoms with E-state index < -0.39 is 0 Å². The van der Waals surface area contributed by atoms with Crippen LogP contribution in [0.5, 0.6) is 0 Å². The summed E-state index contributed by atoms with van der Waals surface area (Å²) in [6.45, 7) is 0.799. The van der Waals surface area contributed by atoms with Crippen LogP contribution in [0, 0.1) is 0 Å². The molecule has 23 heavy (non-hydrogen) atoms. The third kappa shape index (κ3) is 4.00. The largest absolute Gasteiger partial charge is 0.467 e. The molecule has 0 saturated heterocycles. The molecule has 7 heteroatoms. The van der Waals surface area contributed by atoms with E-state index in [0.29, 0.717) is 6.54 Å². The van der Waals surface area contributed by atoms with E-state index >= 15 is 0 Å². The minimum absolute atomic E-state index is 0.223. The van der Waals surface area contributed by atoms with E-state index in [-0.39, 0.29) is 6.61 Å². The average Bonchev–Trinajstić information content (AvgIpc) is 3.23. The summed E-state index contributed by atoms with van der Waals surface area (Å²) in [7, 11) is 0. The van der Waals surface area contributed by atoms with Gasteiger partial charge in [-0.15, -0.1) is 10.2 Å². The lowest BCUT2D eigenvalue weighted by molar-refractivity contribution is 0.287. The van der Waals surface area contributed by atoms with Crippen molar-refractivity contribution in [3.05, 3.63) is 48.7 Å². The molecule has 0 aliphatic heterocycles. The summed E-state index contributed by atoms with van der Waals surface area (Å²) in [6, 6.07) is 7.66. The fraction of sp³-hybridized carbons (Fsp3) is 0.312. The van der Waals surface area contributed by atoms with Crippen molar-refractivity contribution in [2.75, 3.05) is 12.4 Å². The van der Waals surface area contributed by atoms with Gasteiger partial charge in [0.1, 0.15) is 5.76 Å². The Balaban J connectivity index is 1.85. The summed E-state index contributed by atoms with van der Waals surface area (Å²) >= 11 is 1.64. The average molecular weight is 330 g/mol. The van der Waals surface area contributed by atoms with Crippen molar-refractivity contribution in [3.63, 3.8) is 0 Å². The molecule has 0 amide bonds. The molecule has 120 valence electrons. The Labute approximate surface area is 138 Å². The van der Waals surface area contributed by atoms with Crippen LogP contribution in [0.1, 0.15) is 18.6 Å². The highest BCUT2D eigenvalue weighted by molar-refractivity contribution is 7.99. The van der Waals surface area contributed by atoms with Crippen LogP contribution >= 0.6 is 11.8 Å². The molecular weight excluding hydrogens is 312 g/mol. The highest BCUT2D eigenvalue weighted by Gasteiger charge is 2.15. The molecule has 0 saturated carbocycles. The fourth-order valence-electron chi connectivity index (χ4n) is 2.18. The first-order valence-electron chi connectivity index (χ1n) is 7.48. The molecule has 0 unspecified atom stereocenters. The topological polar surface area (TPSA) is 77.0 Å². The van der Waals surface area contributed by atoms with Gasteiger partial charge >= 0.3 is 0 Å². The number of aliphatic hydroxyl groups is 1. The second kappa shape index (κ2) is 7.94. The Morgan fingerprint density at radius 2 is 2.13 bits per heavy atom. The normalized spacial score (nSPS) is 11.0. The maximum atomic E-state index is 8.88. The van der Waals surface area contributed by atoms with Crippen LogP contribution in [0.4, 0.5) is 0 Å². The first-order valence-corrected chi connectivity index (χ1v) is 8.46. The van der Waals surface area contributed by atoms with Crippen LogP contribution in [0.3, 0.4) is 0 Å². The third-order valence-electron chi connectivity index (χ3n) is 3.31. The van der Waals surface area contributed by atoms with Crippen molar-refractivity contribution >= 4 is 11.8 Å². The lowest BCUT2D eigenvalue weighted by atomic mass is 10.2. The highest BCUT2D eigenvalue weighted by Crippen LogP contribution is 2.25. The molecule has 3 aromatic heterocycles. The van der Waals surface area contributed by atoms with Gasteiger partial charge in [0, 0.05) is 30.3 Å². The molecule has 6 nitrogen and oxygen atoms in total. The Morgan fingerprint density at radius 1 is 1.17 bits per heavy atom. The van der Waals surface area contributed by atoms with Crippen LogP contribution in [0.25, 0.3) is 11.4 Å². The van der Waals surface area contributed by atoms with Crippen LogP contribution in [0.2, 0.25) is 0 Å². The smallest absolute Gasteiger partial charge is 0.191 e. The van der Waals surface area contributed by atoms with Crippen molar-refractivity contribution in [2.24, 2.45) is 0 Å². The molecule has 3 aromatic rings. The molecule has 0 aliphatic carbocycles. The summed E-state index contributed by atoms with van der Waals surface area (Å²) in [4.78, 5) is 4.16. The van der Waals surface area contributed by atoms with Gasteiger partial charge in [0.15, 0.2) is 11.0 Å². The Hall–Kier alpha value is -2.12. The zero-order valence-corrected chi connectivity index (χ0v) is 13.4. The summed E-state index contributed by atoms with van der Waals surface area (Å²) in [5.74, 6) is 2.52. The summed E-state index contributed by atoms with van der Waals surface area (Å²) in [5, 5.41) is 18.4. The maximum absolute atomic E-state index is 8.88. The second-order valence-electron chi connectivity index (χ2n) is 4.99. The standard InChI is InChI=1S/C16H18N4O2S/c21-8-1-2-10-23-16-19-18-15(13-5-3-7-17-11-13)20(16)12-14-6-4-9-22-14/h3-7,9,11,21H,1-2,8,10,12H2. The van der Waals surface area contributed by atoms with Gasteiger partial charge in [0.2, 0.25) is 0 Å². The van der Waals surface area contributed by atoms with Crippen LogP contribution in [0.15, 0.2) is 52.5 Å². The molecule has 0 bridgehead atoms. The van der Waals surface area contributed by atoms with Crippen LogP contribution in [-0.4, -0.2) is 37.2 Å². The van der Waals surface area contributed by atoms with Gasteiger partial charge in [-0.25, -0.2) is 0 Å². The van der Waals surface area contributed by atoms with Gasteiger partial charge in [-0.1, -0.05) is 11.8 Å². The van der Waals surface area contributed by atoms with Gasteiger partial charge in [-0.05, 0) is 37.1 Å². The molecule has 0 fully saturated rings. The maximum Gasteiger partial charge on any atom is 0.191 e. The molecule has 0 atom stereocenters. The van der Waals surface area contributed by atoms with Gasteiger partial charge in [-0.2, -0.15) is 0 Å². The number of thioether (sulfide) groups is 1. The van der Waals surface area contributed by atoms with Crippen LogP contribution in [-0.2, 0) is 6.54 Å². The van der Waals surface area contributed by atoms with Gasteiger partial charge in [0.25, 0.3) is 0 Å². The van der Waals surface area contributed by atoms with Gasteiger partial charge < -0.3 is 9.52 Å². The quantitative estimate of drug-likeness (QED) is 0.505. The number of nitrogens with zero attached hydrogens (tertiary/aromatic N) is 4. The van der Waals surface area contributed by atoms with Crippen molar-refractivity contribution in [3.8, 4) is 11.4 Å². The lowest BCUT2D eigenvalue weighted by Gasteiger charge is -2.08. The molecule has 3 rings (SSSR count). The fourth-order valence-corrected chi connectivity index (χ4v) is 3.12. The predicted molar refractivity (Wildman–Crippen MR) is 88.1 cm³/mol. The number of furan rings is 1. The predicted octanol–water partition coefficient (Wildman–Crippen LogP) is 2.85. The minimum Gasteiger partial charge on any atom is -0.467 e. The Bertz CT molecular complexity index is 713. The van der Waals surface area contributed by atoms with E-state index in [1.807, 2.05) is 28.8 Å². The molecular formula is C16H18N4O2S. The molecule has 0 aliphatic rings. The summed E-state index contributed by atoms with van der Waals surface area (Å²) in [6.07, 6.45) is 6.92. The zero-order valence-electron chi connectivity index (χ0n) is 12.6. The van der Waals surface area contributed by atoms with Gasteiger partial charge in [0.05, 0.1) is 12.8 Å². The molecule has 1 N–H and O–H groups in total. The van der Waals surface area contributed by atoms with Crippen LogP contribution < -0.4 is 0 Å². The first kappa shape index (κ1) is 15.8. The number of hydrogen-bond acceptors (Lipinski definition) is 6. The van der Waals surface area contributed by atoms with E-state index in [4.69, 9.17) is 9.52 Å². The van der Waals surface area contributed by atoms with E-state index in [2.05, 4.69) is 15.2 Å². The van der Waals surface area contributed by atoms with Crippen molar-refractivity contribution in [2.45, 2.75) is 24.5 Å². The highest BCUT2D eigenvalue weighted by atomic mass is 32.2. The summed E-state index contributed by atoms with van der Waals surface area (Å²) < 4.78 is 7.50. The molecule has 0 aromatic carbocycles. The number of hydrogen-bond donors (Lipinski definition) is 1. The number of aliphatic hydroxyl groups excluding tert-OH is 1. The zero-order chi connectivity index (χ0) is 15.9. The lowest BCUT2D eigenvalue weighted by Crippen LogP contribution is -2.04.